The van der Waals surface area contributed by atoms with Crippen LogP contribution in [0.3, 0.4) is 0 Å². The molecule has 2 rings (SSSR count). The van der Waals surface area contributed by atoms with Crippen LogP contribution in [0.15, 0.2) is 41.3 Å². The highest BCUT2D eigenvalue weighted by Gasteiger charge is 2.13. The van der Waals surface area contributed by atoms with Crippen molar-refractivity contribution in [3.63, 3.8) is 0 Å². The number of nitrogens with one attached hydrogen (secondary N) is 1. The lowest BCUT2D eigenvalue weighted by molar-refractivity contribution is 0.580. The Kier molecular flexibility index (Phi) is 3.92. The van der Waals surface area contributed by atoms with Gasteiger partial charge in [0.2, 0.25) is 10.0 Å². The third-order valence-corrected chi connectivity index (χ3v) is 4.04. The number of aryl methyl sites for hydroxylation is 2. The molecule has 0 saturated heterocycles. The van der Waals surface area contributed by atoms with Crippen molar-refractivity contribution in [2.45, 2.75) is 25.3 Å². The van der Waals surface area contributed by atoms with Crippen molar-refractivity contribution in [3.05, 3.63) is 53.3 Å². The van der Waals surface area contributed by atoms with Crippen molar-refractivity contribution >= 4 is 10.0 Å². The van der Waals surface area contributed by atoms with Crippen LogP contribution in [0.1, 0.15) is 17.0 Å². The van der Waals surface area contributed by atoms with Gasteiger partial charge in [0, 0.05) is 0 Å². The number of nitrogens with zero attached hydrogens (tertiary/aromatic N) is 2. The summed E-state index contributed by atoms with van der Waals surface area (Å²) in [4.78, 5) is 0.248. The molecular weight excluding hydrogens is 262 g/mol. The SMILES string of the molecule is Cc1ccc(S(=O)(=O)NCc2ccc(C)nn2)cc1. The van der Waals surface area contributed by atoms with Gasteiger partial charge in [0.05, 0.1) is 22.8 Å². The molecule has 0 saturated carbocycles. The lowest BCUT2D eigenvalue weighted by atomic mass is 10.2. The molecule has 0 aliphatic rings. The van der Waals surface area contributed by atoms with Crippen LogP contribution in [0.2, 0.25) is 0 Å². The number of hydrogen-bond acceptors (Lipinski definition) is 4. The summed E-state index contributed by atoms with van der Waals surface area (Å²) in [6.45, 7) is 3.86. The van der Waals surface area contributed by atoms with Crippen molar-refractivity contribution in [2.24, 2.45) is 0 Å². The van der Waals surface area contributed by atoms with Crippen molar-refractivity contribution in [3.8, 4) is 0 Å². The average molecular weight is 277 g/mol. The Balaban J connectivity index is 2.09. The van der Waals surface area contributed by atoms with Gasteiger partial charge in [-0.05, 0) is 38.1 Å². The van der Waals surface area contributed by atoms with Crippen LogP contribution >= 0.6 is 0 Å². The van der Waals surface area contributed by atoms with E-state index in [-0.39, 0.29) is 11.4 Å². The van der Waals surface area contributed by atoms with Gasteiger partial charge in [-0.15, -0.1) is 0 Å². The molecule has 1 aromatic heterocycles. The largest absolute Gasteiger partial charge is 0.240 e. The third-order valence-electron chi connectivity index (χ3n) is 2.63. The quantitative estimate of drug-likeness (QED) is 0.920. The zero-order valence-corrected chi connectivity index (χ0v) is 11.6. The molecular formula is C13H15N3O2S. The van der Waals surface area contributed by atoms with Gasteiger partial charge in [-0.1, -0.05) is 17.7 Å². The highest BCUT2D eigenvalue weighted by Crippen LogP contribution is 2.10. The van der Waals surface area contributed by atoms with Crippen LogP contribution in [0, 0.1) is 13.8 Å². The summed E-state index contributed by atoms with van der Waals surface area (Å²) >= 11 is 0. The Bertz CT molecular complexity index is 649. The second kappa shape index (κ2) is 5.46. The highest BCUT2D eigenvalue weighted by atomic mass is 32.2. The highest BCUT2D eigenvalue weighted by molar-refractivity contribution is 7.89. The molecule has 0 bridgehead atoms. The van der Waals surface area contributed by atoms with Crippen LogP contribution in [0.5, 0.6) is 0 Å². The standard InChI is InChI=1S/C13H15N3O2S/c1-10-3-7-13(8-4-10)19(17,18)14-9-12-6-5-11(2)15-16-12/h3-8,14H,9H2,1-2H3. The fourth-order valence-corrected chi connectivity index (χ4v) is 2.49. The van der Waals surface area contributed by atoms with Crippen molar-refractivity contribution in [1.29, 1.82) is 0 Å². The van der Waals surface area contributed by atoms with E-state index in [0.29, 0.717) is 5.69 Å². The van der Waals surface area contributed by atoms with E-state index in [2.05, 4.69) is 14.9 Å². The van der Waals surface area contributed by atoms with Gasteiger partial charge >= 0.3 is 0 Å². The number of sulfonamides is 1. The van der Waals surface area contributed by atoms with Gasteiger partial charge in [0.15, 0.2) is 0 Å². The number of benzene rings is 1. The molecule has 0 atom stereocenters. The lowest BCUT2D eigenvalue weighted by Crippen LogP contribution is -2.23. The van der Waals surface area contributed by atoms with Gasteiger partial charge in [-0.3, -0.25) is 0 Å². The Morgan fingerprint density at radius 3 is 2.26 bits per heavy atom. The zero-order valence-electron chi connectivity index (χ0n) is 10.8. The summed E-state index contributed by atoms with van der Waals surface area (Å²) in [7, 11) is -3.50. The minimum absolute atomic E-state index is 0.128. The second-order valence-corrected chi connectivity index (χ2v) is 6.07. The van der Waals surface area contributed by atoms with E-state index in [1.54, 1.807) is 36.4 Å². The molecule has 6 heteroatoms. The van der Waals surface area contributed by atoms with E-state index in [1.807, 2.05) is 13.8 Å². The minimum Gasteiger partial charge on any atom is -0.207 e. The monoisotopic (exact) mass is 277 g/mol. The lowest BCUT2D eigenvalue weighted by Gasteiger charge is -2.06. The van der Waals surface area contributed by atoms with Crippen LogP contribution < -0.4 is 4.72 Å². The normalized spacial score (nSPS) is 11.5. The first-order valence-electron chi connectivity index (χ1n) is 5.83. The summed E-state index contributed by atoms with van der Waals surface area (Å²) in [6, 6.07) is 10.2. The van der Waals surface area contributed by atoms with E-state index in [1.165, 1.54) is 0 Å². The minimum atomic E-state index is -3.50. The predicted octanol–water partition coefficient (Wildman–Crippen LogP) is 1.57. The maximum Gasteiger partial charge on any atom is 0.240 e. The maximum atomic E-state index is 12.0. The van der Waals surface area contributed by atoms with Crippen LogP contribution in [-0.2, 0) is 16.6 Å². The Labute approximate surface area is 112 Å². The summed E-state index contributed by atoms with van der Waals surface area (Å²) in [5.41, 5.74) is 2.40. The van der Waals surface area contributed by atoms with Gasteiger partial charge in [-0.25, -0.2) is 13.1 Å². The summed E-state index contributed by atoms with van der Waals surface area (Å²) in [5.74, 6) is 0. The molecule has 0 amide bonds. The maximum absolute atomic E-state index is 12.0. The molecule has 0 radical (unpaired) electrons. The van der Waals surface area contributed by atoms with Crippen molar-refractivity contribution in [1.82, 2.24) is 14.9 Å². The first-order valence-corrected chi connectivity index (χ1v) is 7.31. The van der Waals surface area contributed by atoms with Gasteiger partial charge in [0.1, 0.15) is 0 Å². The number of rotatable bonds is 4. The van der Waals surface area contributed by atoms with E-state index < -0.39 is 10.0 Å². The molecule has 0 aliphatic carbocycles. The molecule has 1 N–H and O–H groups in total. The fourth-order valence-electron chi connectivity index (χ4n) is 1.49. The van der Waals surface area contributed by atoms with Crippen LogP contribution in [0.4, 0.5) is 0 Å². The molecule has 100 valence electrons. The molecule has 0 spiro atoms. The van der Waals surface area contributed by atoms with E-state index in [9.17, 15) is 8.42 Å². The van der Waals surface area contributed by atoms with Gasteiger partial charge in [0.25, 0.3) is 0 Å². The fraction of sp³-hybridized carbons (Fsp3) is 0.231. The molecule has 2 aromatic rings. The number of aromatic nitrogens is 2. The molecule has 1 heterocycles. The molecule has 1 aromatic carbocycles. The Hall–Kier alpha value is -1.79. The predicted molar refractivity (Wildman–Crippen MR) is 72.0 cm³/mol. The first-order chi connectivity index (χ1) is 8.97. The summed E-state index contributed by atoms with van der Waals surface area (Å²) in [5, 5.41) is 7.79. The topological polar surface area (TPSA) is 72.0 Å². The zero-order chi connectivity index (χ0) is 13.9. The van der Waals surface area contributed by atoms with Gasteiger partial charge < -0.3 is 0 Å². The average Bonchev–Trinajstić information content (AvgIpc) is 2.39. The molecule has 19 heavy (non-hydrogen) atoms. The molecule has 0 fully saturated rings. The van der Waals surface area contributed by atoms with Crippen molar-refractivity contribution in [2.75, 3.05) is 0 Å². The Morgan fingerprint density at radius 1 is 1.00 bits per heavy atom. The van der Waals surface area contributed by atoms with E-state index in [4.69, 9.17) is 0 Å². The van der Waals surface area contributed by atoms with Crippen LogP contribution in [0.25, 0.3) is 0 Å². The second-order valence-electron chi connectivity index (χ2n) is 4.30. The Morgan fingerprint density at radius 2 is 1.68 bits per heavy atom. The van der Waals surface area contributed by atoms with Crippen LogP contribution in [-0.4, -0.2) is 18.6 Å². The van der Waals surface area contributed by atoms with E-state index in [0.717, 1.165) is 11.3 Å². The summed E-state index contributed by atoms with van der Waals surface area (Å²) in [6.07, 6.45) is 0. The smallest absolute Gasteiger partial charge is 0.207 e. The number of hydrogen-bond donors (Lipinski definition) is 1. The molecule has 0 unspecified atom stereocenters. The molecule has 0 aliphatic heterocycles. The van der Waals surface area contributed by atoms with Crippen molar-refractivity contribution < 1.29 is 8.42 Å². The first kappa shape index (κ1) is 13.6. The third kappa shape index (κ3) is 3.59. The molecule has 5 nitrogen and oxygen atoms in total. The van der Waals surface area contributed by atoms with E-state index >= 15 is 0 Å². The van der Waals surface area contributed by atoms with Gasteiger partial charge in [-0.2, -0.15) is 10.2 Å². The summed E-state index contributed by atoms with van der Waals surface area (Å²) < 4.78 is 26.5.